The van der Waals surface area contributed by atoms with E-state index in [0.717, 1.165) is 17.1 Å². The molecule has 8 heteroatoms. The molecule has 1 aliphatic heterocycles. The van der Waals surface area contributed by atoms with E-state index in [2.05, 4.69) is 10.6 Å². The van der Waals surface area contributed by atoms with Crippen molar-refractivity contribution in [3.05, 3.63) is 64.7 Å². The van der Waals surface area contributed by atoms with Crippen molar-refractivity contribution in [3.63, 3.8) is 0 Å². The van der Waals surface area contributed by atoms with Gasteiger partial charge in [0, 0.05) is 47.4 Å². The first-order valence-electron chi connectivity index (χ1n) is 8.62. The number of nitrogens with one attached hydrogen (secondary N) is 2. The highest BCUT2D eigenvalue weighted by atomic mass is 35.5. The number of nitrogens with zero attached hydrogens (tertiary/aromatic N) is 1. The highest BCUT2D eigenvalue weighted by Crippen LogP contribution is 2.26. The van der Waals surface area contributed by atoms with E-state index in [1.165, 1.54) is 0 Å². The third kappa shape index (κ3) is 5.37. The summed E-state index contributed by atoms with van der Waals surface area (Å²) in [6, 6.07) is 13.4. The Morgan fingerprint density at radius 1 is 1.07 bits per heavy atom. The molecule has 0 atom stereocenters. The first kappa shape index (κ1) is 20.0. The number of hydrogen-bond donors (Lipinski definition) is 4. The Morgan fingerprint density at radius 2 is 1.70 bits per heavy atom. The van der Waals surface area contributed by atoms with Crippen LogP contribution in [0.2, 0.25) is 5.02 Å². The molecule has 0 spiro atoms. The van der Waals surface area contributed by atoms with Crippen LogP contribution in [0.3, 0.4) is 0 Å². The van der Waals surface area contributed by atoms with Crippen LogP contribution >= 0.6 is 23.4 Å². The molecule has 0 aliphatic carbocycles. The van der Waals surface area contributed by atoms with Gasteiger partial charge in [-0.15, -0.1) is 0 Å². The molecule has 0 bridgehead atoms. The fraction of sp³-hybridized carbons (Fsp3) is 0.316. The zero-order valence-electron chi connectivity index (χ0n) is 14.7. The predicted molar refractivity (Wildman–Crippen MR) is 109 cm³/mol. The van der Waals surface area contributed by atoms with E-state index in [9.17, 15) is 15.0 Å². The second kappa shape index (κ2) is 8.95. The molecule has 3 rings (SSSR count). The zero-order chi connectivity index (χ0) is 19.3. The summed E-state index contributed by atoms with van der Waals surface area (Å²) in [4.78, 5) is 13.7. The Bertz CT molecular complexity index is 763. The Balaban J connectivity index is 1.55. The van der Waals surface area contributed by atoms with Crippen LogP contribution in [-0.2, 0) is 12.5 Å². The molecule has 1 aliphatic rings. The van der Waals surface area contributed by atoms with Crippen molar-refractivity contribution in [2.75, 3.05) is 29.9 Å². The SMILES string of the molecule is O=C(NCc1ccc(Cl)cc1)Nc1ccc(C(O)(O)N2CCSCC2)cc1. The number of anilines is 1. The lowest BCUT2D eigenvalue weighted by atomic mass is 10.1. The van der Waals surface area contributed by atoms with Crippen molar-refractivity contribution in [2.24, 2.45) is 0 Å². The minimum atomic E-state index is -2.00. The number of halogens is 1. The van der Waals surface area contributed by atoms with Gasteiger partial charge in [-0.25, -0.2) is 9.69 Å². The van der Waals surface area contributed by atoms with Crippen LogP contribution in [-0.4, -0.2) is 45.7 Å². The van der Waals surface area contributed by atoms with E-state index in [1.807, 2.05) is 12.1 Å². The van der Waals surface area contributed by atoms with Crippen LogP contribution in [0.4, 0.5) is 10.5 Å². The molecule has 0 saturated carbocycles. The predicted octanol–water partition coefficient (Wildman–Crippen LogP) is 2.81. The van der Waals surface area contributed by atoms with Crippen LogP contribution in [0.15, 0.2) is 48.5 Å². The van der Waals surface area contributed by atoms with Gasteiger partial charge < -0.3 is 20.8 Å². The molecule has 0 radical (unpaired) electrons. The van der Waals surface area contributed by atoms with E-state index in [0.29, 0.717) is 35.9 Å². The summed E-state index contributed by atoms with van der Waals surface area (Å²) in [6.45, 7) is 1.61. The maximum absolute atomic E-state index is 12.0. The maximum Gasteiger partial charge on any atom is 0.319 e. The van der Waals surface area contributed by atoms with Gasteiger partial charge >= 0.3 is 6.03 Å². The highest BCUT2D eigenvalue weighted by molar-refractivity contribution is 7.99. The minimum Gasteiger partial charge on any atom is -0.349 e. The monoisotopic (exact) mass is 407 g/mol. The summed E-state index contributed by atoms with van der Waals surface area (Å²) >= 11 is 7.63. The average Bonchev–Trinajstić information content (AvgIpc) is 2.69. The number of aliphatic hydroxyl groups is 2. The summed E-state index contributed by atoms with van der Waals surface area (Å²) in [6.07, 6.45) is 0. The topological polar surface area (TPSA) is 84.8 Å². The van der Waals surface area contributed by atoms with E-state index in [-0.39, 0.29) is 6.03 Å². The van der Waals surface area contributed by atoms with Gasteiger partial charge in [0.25, 0.3) is 5.91 Å². The number of amides is 2. The molecule has 0 aromatic heterocycles. The number of benzene rings is 2. The molecule has 0 unspecified atom stereocenters. The lowest BCUT2D eigenvalue weighted by Crippen LogP contribution is -2.49. The smallest absolute Gasteiger partial charge is 0.319 e. The van der Waals surface area contributed by atoms with Gasteiger partial charge in [0.2, 0.25) is 0 Å². The van der Waals surface area contributed by atoms with Crippen molar-refractivity contribution >= 4 is 35.1 Å². The number of carbonyl (C=O) groups is 1. The van der Waals surface area contributed by atoms with Gasteiger partial charge in [0.05, 0.1) is 0 Å². The normalized spacial score (nSPS) is 15.4. The molecule has 144 valence electrons. The van der Waals surface area contributed by atoms with Crippen LogP contribution < -0.4 is 10.6 Å². The quantitative estimate of drug-likeness (QED) is 0.573. The molecule has 6 nitrogen and oxygen atoms in total. The van der Waals surface area contributed by atoms with Crippen LogP contribution in [0.25, 0.3) is 0 Å². The molecule has 2 amide bonds. The Kier molecular flexibility index (Phi) is 6.62. The average molecular weight is 408 g/mol. The van der Waals surface area contributed by atoms with Gasteiger partial charge in [-0.2, -0.15) is 11.8 Å². The Hall–Kier alpha value is -1.77. The second-order valence-corrected chi connectivity index (χ2v) is 7.91. The summed E-state index contributed by atoms with van der Waals surface area (Å²) in [5, 5.41) is 27.1. The van der Waals surface area contributed by atoms with Crippen molar-refractivity contribution < 1.29 is 15.0 Å². The van der Waals surface area contributed by atoms with E-state index >= 15 is 0 Å². The van der Waals surface area contributed by atoms with Gasteiger partial charge in [0.15, 0.2) is 0 Å². The standard InChI is InChI=1S/C19H22ClN3O3S/c20-16-5-1-14(2-6-16)13-21-18(24)22-17-7-3-15(4-8-17)19(25,26)23-9-11-27-12-10-23/h1-8,25-26H,9-13H2,(H2,21,22,24). The van der Waals surface area contributed by atoms with Gasteiger partial charge in [0.1, 0.15) is 0 Å². The first-order chi connectivity index (χ1) is 12.9. The molecular formula is C19H22ClN3O3S. The molecule has 4 N–H and O–H groups in total. The Morgan fingerprint density at radius 3 is 2.33 bits per heavy atom. The summed E-state index contributed by atoms with van der Waals surface area (Å²) in [7, 11) is 0. The Labute approximate surface area is 167 Å². The van der Waals surface area contributed by atoms with Crippen molar-refractivity contribution in [3.8, 4) is 0 Å². The first-order valence-corrected chi connectivity index (χ1v) is 10.2. The summed E-state index contributed by atoms with van der Waals surface area (Å²) < 4.78 is 0. The van der Waals surface area contributed by atoms with Crippen molar-refractivity contribution in [2.45, 2.75) is 12.5 Å². The summed E-state index contributed by atoms with van der Waals surface area (Å²) in [5.41, 5.74) is 1.88. The fourth-order valence-electron chi connectivity index (χ4n) is 2.79. The largest absolute Gasteiger partial charge is 0.349 e. The van der Waals surface area contributed by atoms with Crippen LogP contribution in [0.1, 0.15) is 11.1 Å². The van der Waals surface area contributed by atoms with Crippen LogP contribution in [0, 0.1) is 0 Å². The van der Waals surface area contributed by atoms with Gasteiger partial charge in [-0.1, -0.05) is 35.9 Å². The van der Waals surface area contributed by atoms with Crippen molar-refractivity contribution in [1.29, 1.82) is 0 Å². The highest BCUT2D eigenvalue weighted by Gasteiger charge is 2.34. The number of hydrogen-bond acceptors (Lipinski definition) is 5. The van der Waals surface area contributed by atoms with E-state index in [1.54, 1.807) is 53.1 Å². The zero-order valence-corrected chi connectivity index (χ0v) is 16.3. The third-order valence-corrected chi connectivity index (χ3v) is 5.54. The third-order valence-electron chi connectivity index (χ3n) is 4.35. The fourth-order valence-corrected chi connectivity index (χ4v) is 3.82. The van der Waals surface area contributed by atoms with Gasteiger partial charge in [-0.3, -0.25) is 0 Å². The molecule has 1 saturated heterocycles. The molecule has 1 heterocycles. The number of urea groups is 1. The number of thioether (sulfide) groups is 1. The molecule has 27 heavy (non-hydrogen) atoms. The van der Waals surface area contributed by atoms with E-state index in [4.69, 9.17) is 11.6 Å². The second-order valence-electron chi connectivity index (χ2n) is 6.25. The van der Waals surface area contributed by atoms with Gasteiger partial charge in [-0.05, 0) is 29.8 Å². The summed E-state index contributed by atoms with van der Waals surface area (Å²) in [5.74, 6) is -0.261. The van der Waals surface area contributed by atoms with Crippen LogP contribution in [0.5, 0.6) is 0 Å². The van der Waals surface area contributed by atoms with E-state index < -0.39 is 5.91 Å². The minimum absolute atomic E-state index is 0.343. The molecule has 2 aromatic carbocycles. The van der Waals surface area contributed by atoms with Crippen molar-refractivity contribution in [1.82, 2.24) is 10.2 Å². The molecular weight excluding hydrogens is 386 g/mol. The molecule has 2 aromatic rings. The molecule has 1 fully saturated rings. The lowest BCUT2D eigenvalue weighted by molar-refractivity contribution is -0.273. The number of rotatable bonds is 5. The maximum atomic E-state index is 12.0. The number of carbonyl (C=O) groups excluding carboxylic acids is 1. The lowest BCUT2D eigenvalue weighted by Gasteiger charge is -2.37.